The second-order valence-corrected chi connectivity index (χ2v) is 6.75. The molecule has 0 spiro atoms. The van der Waals surface area contributed by atoms with Crippen LogP contribution in [0.15, 0.2) is 30.3 Å². The van der Waals surface area contributed by atoms with Gasteiger partial charge in [-0.05, 0) is 5.56 Å². The van der Waals surface area contributed by atoms with E-state index in [1.54, 1.807) is 30.3 Å². The lowest BCUT2D eigenvalue weighted by Gasteiger charge is -2.48. The van der Waals surface area contributed by atoms with Gasteiger partial charge in [0.1, 0.15) is 0 Å². The minimum atomic E-state index is -2.30. The molecule has 1 saturated heterocycles. The van der Waals surface area contributed by atoms with Crippen LogP contribution in [0, 0.1) is 0 Å². The maximum absolute atomic E-state index is 12.4. The van der Waals surface area contributed by atoms with Crippen LogP contribution in [0.3, 0.4) is 0 Å². The Morgan fingerprint density at radius 2 is 1.47 bits per heavy atom. The van der Waals surface area contributed by atoms with Gasteiger partial charge in [-0.1, -0.05) is 30.3 Å². The smallest absolute Gasteiger partial charge is 0.339 e. The largest absolute Gasteiger partial charge is 0.467 e. The summed E-state index contributed by atoms with van der Waals surface area (Å²) >= 11 is 0. The van der Waals surface area contributed by atoms with E-state index in [1.807, 2.05) is 0 Å². The van der Waals surface area contributed by atoms with Crippen molar-refractivity contribution in [1.29, 1.82) is 0 Å². The predicted octanol–water partition coefficient (Wildman–Crippen LogP) is 0.285. The van der Waals surface area contributed by atoms with E-state index in [0.29, 0.717) is 5.56 Å². The molecule has 10 nitrogen and oxygen atoms in total. The fraction of sp³-hybridized carbons (Fsp3) is 0.500. The van der Waals surface area contributed by atoms with Crippen molar-refractivity contribution in [3.63, 3.8) is 0 Å². The van der Waals surface area contributed by atoms with Gasteiger partial charge in [0.25, 0.3) is 0 Å². The van der Waals surface area contributed by atoms with Crippen molar-refractivity contribution >= 4 is 23.9 Å². The van der Waals surface area contributed by atoms with Crippen molar-refractivity contribution in [3.8, 4) is 0 Å². The van der Waals surface area contributed by atoms with Gasteiger partial charge in [0.15, 0.2) is 24.4 Å². The molecule has 1 fully saturated rings. The molecule has 0 saturated carbocycles. The average molecular weight is 424 g/mol. The molecule has 30 heavy (non-hydrogen) atoms. The number of esters is 4. The summed E-state index contributed by atoms with van der Waals surface area (Å²) in [4.78, 5) is 47.5. The molecule has 10 heteroatoms. The van der Waals surface area contributed by atoms with Crippen molar-refractivity contribution in [1.82, 2.24) is 0 Å². The molecule has 1 aliphatic rings. The van der Waals surface area contributed by atoms with Gasteiger partial charge in [0.2, 0.25) is 5.79 Å². The van der Waals surface area contributed by atoms with E-state index < -0.39 is 54.1 Å². The molecule has 0 unspecified atom stereocenters. The van der Waals surface area contributed by atoms with Crippen molar-refractivity contribution in [3.05, 3.63) is 35.9 Å². The molecule has 1 aromatic carbocycles. The zero-order valence-electron chi connectivity index (χ0n) is 17.0. The van der Waals surface area contributed by atoms with Gasteiger partial charge in [0, 0.05) is 27.2 Å². The molecule has 1 N–H and O–H groups in total. The zero-order valence-corrected chi connectivity index (χ0v) is 17.0. The minimum Gasteiger partial charge on any atom is -0.467 e. The number of ether oxygens (including phenoxy) is 5. The van der Waals surface area contributed by atoms with Gasteiger partial charge in [0.05, 0.1) is 7.11 Å². The number of methoxy groups -OCH3 is 1. The van der Waals surface area contributed by atoms with Gasteiger partial charge in [-0.3, -0.25) is 14.4 Å². The molecular formula is C20H24O10. The van der Waals surface area contributed by atoms with Gasteiger partial charge >= 0.3 is 23.9 Å². The summed E-state index contributed by atoms with van der Waals surface area (Å²) in [6.45, 7) is 3.24. The van der Waals surface area contributed by atoms with E-state index in [1.165, 1.54) is 0 Å². The summed E-state index contributed by atoms with van der Waals surface area (Å²) in [6, 6.07) is 8.54. The summed E-state index contributed by atoms with van der Waals surface area (Å²) < 4.78 is 25.9. The molecule has 0 aromatic heterocycles. The summed E-state index contributed by atoms with van der Waals surface area (Å²) in [5.74, 6) is -5.73. The molecule has 2 rings (SSSR count). The highest BCUT2D eigenvalue weighted by Crippen LogP contribution is 2.36. The van der Waals surface area contributed by atoms with Crippen LogP contribution in [0.25, 0.3) is 0 Å². The van der Waals surface area contributed by atoms with Crippen LogP contribution in [-0.4, -0.2) is 66.3 Å². The highest BCUT2D eigenvalue weighted by Gasteiger charge is 2.61. The number of carbonyl (C=O) groups is 4. The number of rotatable bonds is 6. The maximum atomic E-state index is 12.4. The average Bonchev–Trinajstić information content (AvgIpc) is 2.66. The molecule has 164 valence electrons. The normalized spacial score (nSPS) is 28.2. The van der Waals surface area contributed by atoms with Crippen molar-refractivity contribution in [2.45, 2.75) is 57.4 Å². The van der Waals surface area contributed by atoms with E-state index >= 15 is 0 Å². The topological polar surface area (TPSA) is 135 Å². The summed E-state index contributed by atoms with van der Waals surface area (Å²) in [5, 5.41) is 11.3. The van der Waals surface area contributed by atoms with E-state index in [4.69, 9.17) is 23.7 Å². The summed E-state index contributed by atoms with van der Waals surface area (Å²) in [5.41, 5.74) is 0.577. The number of hydrogen-bond acceptors (Lipinski definition) is 10. The molecule has 1 aromatic rings. The molecular weight excluding hydrogens is 400 g/mol. The lowest BCUT2D eigenvalue weighted by molar-refractivity contribution is -0.343. The van der Waals surface area contributed by atoms with E-state index in [-0.39, 0.29) is 6.42 Å². The van der Waals surface area contributed by atoms with Crippen molar-refractivity contribution in [2.24, 2.45) is 0 Å². The third-order valence-corrected chi connectivity index (χ3v) is 4.33. The van der Waals surface area contributed by atoms with E-state index in [9.17, 15) is 24.3 Å². The SMILES string of the molecule is COC(=O)[C@H]1O[C@](O)(Cc2ccccc2)[C@H](OC(C)=O)[C@@H](OC(C)=O)[C@@H]1OC(C)=O. The monoisotopic (exact) mass is 424 g/mol. The number of benzene rings is 1. The van der Waals surface area contributed by atoms with Crippen LogP contribution in [0.1, 0.15) is 26.3 Å². The molecule has 1 heterocycles. The molecule has 0 amide bonds. The van der Waals surface area contributed by atoms with Crippen molar-refractivity contribution < 1.29 is 48.0 Å². The standard InChI is InChI=1S/C20H24O10/c1-11(21)27-15-16(28-12(2)22)18(29-13(3)23)20(25,30-17(15)19(24)26-4)10-14-8-6-5-7-9-14/h5-9,15-18,25H,10H2,1-4H3/t15-,16-,17-,18+,20+/m0/s1. The third kappa shape index (κ3) is 5.55. The fourth-order valence-corrected chi connectivity index (χ4v) is 3.26. The van der Waals surface area contributed by atoms with Crippen LogP contribution in [-0.2, 0) is 49.3 Å². The van der Waals surface area contributed by atoms with Gasteiger partial charge < -0.3 is 28.8 Å². The van der Waals surface area contributed by atoms with E-state index in [2.05, 4.69) is 0 Å². The van der Waals surface area contributed by atoms with Crippen LogP contribution >= 0.6 is 0 Å². The maximum Gasteiger partial charge on any atom is 0.339 e. The number of aliphatic hydroxyl groups is 1. The van der Waals surface area contributed by atoms with Crippen LogP contribution < -0.4 is 0 Å². The molecule has 5 atom stereocenters. The first-order valence-electron chi connectivity index (χ1n) is 9.11. The predicted molar refractivity (Wildman–Crippen MR) is 98.6 cm³/mol. The second-order valence-electron chi connectivity index (χ2n) is 6.75. The molecule has 1 aliphatic heterocycles. The second kappa shape index (κ2) is 9.68. The van der Waals surface area contributed by atoms with Gasteiger partial charge in [-0.2, -0.15) is 0 Å². The Labute approximate surface area is 173 Å². The Bertz CT molecular complexity index is 792. The highest BCUT2D eigenvalue weighted by molar-refractivity contribution is 5.77. The van der Waals surface area contributed by atoms with Crippen LogP contribution in [0.2, 0.25) is 0 Å². The van der Waals surface area contributed by atoms with Gasteiger partial charge in [-0.25, -0.2) is 4.79 Å². The molecule has 0 aliphatic carbocycles. The first-order valence-corrected chi connectivity index (χ1v) is 9.11. The quantitative estimate of drug-likeness (QED) is 0.501. The first-order chi connectivity index (χ1) is 14.1. The van der Waals surface area contributed by atoms with Crippen molar-refractivity contribution in [2.75, 3.05) is 7.11 Å². The highest BCUT2D eigenvalue weighted by atomic mass is 16.7. The van der Waals surface area contributed by atoms with Gasteiger partial charge in [-0.15, -0.1) is 0 Å². The Kier molecular flexibility index (Phi) is 7.52. The minimum absolute atomic E-state index is 0.232. The number of carbonyl (C=O) groups excluding carboxylic acids is 4. The molecule has 0 bridgehead atoms. The lowest BCUT2D eigenvalue weighted by atomic mass is 9.88. The third-order valence-electron chi connectivity index (χ3n) is 4.33. The lowest BCUT2D eigenvalue weighted by Crippen LogP contribution is -2.69. The zero-order chi connectivity index (χ0) is 22.5. The van der Waals surface area contributed by atoms with E-state index in [0.717, 1.165) is 27.9 Å². The van der Waals surface area contributed by atoms with Crippen LogP contribution in [0.5, 0.6) is 0 Å². The summed E-state index contributed by atoms with van der Waals surface area (Å²) in [6.07, 6.45) is -6.56. The Hall–Kier alpha value is -2.98. The summed E-state index contributed by atoms with van der Waals surface area (Å²) in [7, 11) is 1.08. The molecule has 0 radical (unpaired) electrons. The Balaban J connectivity index is 2.57. The number of hydrogen-bond donors (Lipinski definition) is 1. The van der Waals surface area contributed by atoms with Crippen LogP contribution in [0.4, 0.5) is 0 Å². The fourth-order valence-electron chi connectivity index (χ4n) is 3.26. The Morgan fingerprint density at radius 3 is 1.97 bits per heavy atom. The Morgan fingerprint density at radius 1 is 0.933 bits per heavy atom. The first kappa shape index (κ1) is 23.3.